The van der Waals surface area contributed by atoms with Crippen molar-refractivity contribution in [1.29, 1.82) is 0 Å². The van der Waals surface area contributed by atoms with Crippen LogP contribution in [-0.2, 0) is 22.7 Å². The van der Waals surface area contributed by atoms with E-state index in [1.807, 2.05) is 44.2 Å². The molecule has 1 aliphatic heterocycles. The summed E-state index contributed by atoms with van der Waals surface area (Å²) in [5, 5.41) is 5.49. The van der Waals surface area contributed by atoms with E-state index in [0.717, 1.165) is 87.0 Å². The van der Waals surface area contributed by atoms with E-state index >= 15 is 0 Å². The summed E-state index contributed by atoms with van der Waals surface area (Å²) in [6.07, 6.45) is 8.61. The molecule has 2 heterocycles. The van der Waals surface area contributed by atoms with Gasteiger partial charge in [0.25, 0.3) is 0 Å². The van der Waals surface area contributed by atoms with Gasteiger partial charge in [-0.25, -0.2) is 4.79 Å². The topological polar surface area (TPSA) is 76.4 Å². The molecule has 0 N–H and O–H groups in total. The van der Waals surface area contributed by atoms with E-state index in [0.29, 0.717) is 36.5 Å². The number of benzene rings is 2. The van der Waals surface area contributed by atoms with Crippen LogP contribution in [0, 0.1) is 0 Å². The SMILES string of the molecule is C=CCCCCC/C(=N\OC(=O)c1ccccc1)c1cn(CC)c2c(CN(CC)CC)cc(C(=O)C(C)(C)N3CCOCC3)cc12. The van der Waals surface area contributed by atoms with Crippen LogP contribution in [0.4, 0.5) is 0 Å². The number of hydrogen-bond donors (Lipinski definition) is 0. The number of aromatic nitrogens is 1. The highest BCUT2D eigenvalue weighted by molar-refractivity contribution is 6.14. The van der Waals surface area contributed by atoms with Gasteiger partial charge in [0.1, 0.15) is 0 Å². The van der Waals surface area contributed by atoms with Gasteiger partial charge in [-0.3, -0.25) is 14.6 Å². The summed E-state index contributed by atoms with van der Waals surface area (Å²) >= 11 is 0. The average molecular weight is 629 g/mol. The Kier molecular flexibility index (Phi) is 12.9. The molecule has 1 aromatic heterocycles. The zero-order valence-electron chi connectivity index (χ0n) is 28.5. The highest BCUT2D eigenvalue weighted by atomic mass is 16.7. The molecule has 46 heavy (non-hydrogen) atoms. The van der Waals surface area contributed by atoms with E-state index in [4.69, 9.17) is 9.57 Å². The molecule has 1 fully saturated rings. The van der Waals surface area contributed by atoms with Gasteiger partial charge in [0, 0.05) is 48.9 Å². The lowest BCUT2D eigenvalue weighted by Gasteiger charge is -2.39. The Morgan fingerprint density at radius 3 is 2.39 bits per heavy atom. The van der Waals surface area contributed by atoms with Gasteiger partial charge >= 0.3 is 5.97 Å². The van der Waals surface area contributed by atoms with E-state index in [1.165, 1.54) is 0 Å². The molecule has 0 spiro atoms. The molecule has 3 aromatic rings. The molecule has 0 amide bonds. The van der Waals surface area contributed by atoms with Crippen molar-refractivity contribution in [2.75, 3.05) is 39.4 Å². The number of ether oxygens (including phenoxy) is 1. The Hall–Kier alpha value is -3.59. The molecule has 1 aliphatic rings. The number of unbranched alkanes of at least 4 members (excludes halogenated alkanes) is 3. The van der Waals surface area contributed by atoms with E-state index < -0.39 is 11.5 Å². The molecular formula is C38H52N4O4. The van der Waals surface area contributed by atoms with E-state index in [1.54, 1.807) is 12.1 Å². The van der Waals surface area contributed by atoms with Crippen LogP contribution in [0.5, 0.6) is 0 Å². The summed E-state index contributed by atoms with van der Waals surface area (Å²) in [5.74, 6) is -0.403. The van der Waals surface area contributed by atoms with Crippen molar-refractivity contribution < 1.29 is 19.2 Å². The molecule has 0 atom stereocenters. The first-order chi connectivity index (χ1) is 22.2. The van der Waals surface area contributed by atoms with Crippen molar-refractivity contribution in [3.63, 3.8) is 0 Å². The molecular weight excluding hydrogens is 576 g/mol. The maximum atomic E-state index is 14.4. The first kappa shape index (κ1) is 35.3. The summed E-state index contributed by atoms with van der Waals surface area (Å²) < 4.78 is 7.84. The number of oxime groups is 1. The fourth-order valence-corrected chi connectivity index (χ4v) is 6.28. The Morgan fingerprint density at radius 1 is 1.02 bits per heavy atom. The van der Waals surface area contributed by atoms with Crippen molar-refractivity contribution in [2.45, 2.75) is 85.4 Å². The summed E-state index contributed by atoms with van der Waals surface area (Å²) in [6.45, 7) is 20.3. The lowest BCUT2D eigenvalue weighted by molar-refractivity contribution is -0.00430. The Balaban J connectivity index is 1.84. The van der Waals surface area contributed by atoms with Crippen molar-refractivity contribution in [3.05, 3.63) is 83.6 Å². The van der Waals surface area contributed by atoms with Crippen LogP contribution in [0.25, 0.3) is 10.9 Å². The van der Waals surface area contributed by atoms with Gasteiger partial charge < -0.3 is 14.1 Å². The third-order valence-electron chi connectivity index (χ3n) is 9.18. The minimum Gasteiger partial charge on any atom is -0.379 e. The molecule has 248 valence electrons. The predicted octanol–water partition coefficient (Wildman–Crippen LogP) is 7.49. The van der Waals surface area contributed by atoms with Gasteiger partial charge in [-0.1, -0.05) is 49.7 Å². The summed E-state index contributed by atoms with van der Waals surface area (Å²) in [4.78, 5) is 37.5. The van der Waals surface area contributed by atoms with Crippen molar-refractivity contribution in [1.82, 2.24) is 14.4 Å². The lowest BCUT2D eigenvalue weighted by Crippen LogP contribution is -2.54. The van der Waals surface area contributed by atoms with E-state index in [2.05, 4.69) is 59.1 Å². The maximum Gasteiger partial charge on any atom is 0.365 e. The van der Waals surface area contributed by atoms with Gasteiger partial charge in [-0.15, -0.1) is 6.58 Å². The number of allylic oxidation sites excluding steroid dienone is 1. The number of rotatable bonds is 17. The average Bonchev–Trinajstić information content (AvgIpc) is 3.47. The van der Waals surface area contributed by atoms with E-state index in [-0.39, 0.29) is 5.78 Å². The smallest absolute Gasteiger partial charge is 0.365 e. The van der Waals surface area contributed by atoms with E-state index in [9.17, 15) is 9.59 Å². The van der Waals surface area contributed by atoms with Gasteiger partial charge in [-0.05, 0) is 89.4 Å². The second kappa shape index (κ2) is 16.8. The normalized spacial score (nSPS) is 14.6. The Morgan fingerprint density at radius 2 is 1.74 bits per heavy atom. The largest absolute Gasteiger partial charge is 0.379 e. The number of carbonyl (C=O) groups excluding carboxylic acids is 2. The second-order valence-electron chi connectivity index (χ2n) is 12.5. The number of fused-ring (bicyclic) bond motifs is 1. The number of carbonyl (C=O) groups is 2. The molecule has 0 radical (unpaired) electrons. The second-order valence-corrected chi connectivity index (χ2v) is 12.5. The number of hydrogen-bond acceptors (Lipinski definition) is 7. The van der Waals surface area contributed by atoms with Crippen LogP contribution in [0.1, 0.15) is 98.6 Å². The van der Waals surface area contributed by atoms with Crippen molar-refractivity contribution >= 4 is 28.4 Å². The Labute approximate surface area is 275 Å². The fraction of sp³-hybridized carbons (Fsp3) is 0.500. The maximum absolute atomic E-state index is 14.4. The van der Waals surface area contributed by atoms with Crippen molar-refractivity contribution in [2.24, 2.45) is 5.16 Å². The molecule has 0 saturated carbocycles. The fourth-order valence-electron chi connectivity index (χ4n) is 6.28. The van der Waals surface area contributed by atoms with Gasteiger partial charge in [0.2, 0.25) is 0 Å². The summed E-state index contributed by atoms with van der Waals surface area (Å²) in [7, 11) is 0. The third kappa shape index (κ3) is 8.41. The van der Waals surface area contributed by atoms with Crippen LogP contribution in [-0.4, -0.2) is 76.8 Å². The van der Waals surface area contributed by atoms with Crippen LogP contribution in [0.2, 0.25) is 0 Å². The quantitative estimate of drug-likeness (QED) is 0.0385. The number of aryl methyl sites for hydroxylation is 1. The van der Waals surface area contributed by atoms with Gasteiger partial charge in [0.15, 0.2) is 5.78 Å². The lowest BCUT2D eigenvalue weighted by atomic mass is 9.88. The molecule has 0 bridgehead atoms. The van der Waals surface area contributed by atoms with Crippen LogP contribution < -0.4 is 0 Å². The van der Waals surface area contributed by atoms with Crippen molar-refractivity contribution in [3.8, 4) is 0 Å². The molecule has 1 saturated heterocycles. The highest BCUT2D eigenvalue weighted by Crippen LogP contribution is 2.32. The van der Waals surface area contributed by atoms with Crippen LogP contribution >= 0.6 is 0 Å². The first-order valence-corrected chi connectivity index (χ1v) is 16.9. The Bertz CT molecular complexity index is 1500. The third-order valence-corrected chi connectivity index (χ3v) is 9.18. The summed E-state index contributed by atoms with van der Waals surface area (Å²) in [6, 6.07) is 13.1. The standard InChI is InChI=1S/C38H52N4O4/c1-7-11-12-13-17-20-34(39-46-37(44)29-18-15-14-16-19-29)33-28-41(10-4)35-31(27-40(8-2)9-3)25-30(26-32(33)35)36(43)38(5,6)42-21-23-45-24-22-42/h7,14-16,18-19,25-26,28H,1,8-13,17,20-24,27H2,2-6H3/b39-34+. The molecule has 8 heteroatoms. The summed E-state index contributed by atoms with van der Waals surface area (Å²) in [5.41, 5.74) is 4.28. The monoisotopic (exact) mass is 628 g/mol. The number of ketones is 1. The number of nitrogens with zero attached hydrogens (tertiary/aromatic N) is 4. The van der Waals surface area contributed by atoms with Gasteiger partial charge in [-0.2, -0.15) is 0 Å². The zero-order valence-corrected chi connectivity index (χ0v) is 28.5. The molecule has 4 rings (SSSR count). The molecule has 2 aromatic carbocycles. The molecule has 8 nitrogen and oxygen atoms in total. The van der Waals surface area contributed by atoms with Gasteiger partial charge in [0.05, 0.1) is 35.5 Å². The molecule has 0 unspecified atom stereocenters. The minimum absolute atomic E-state index is 0.0886. The molecule has 0 aliphatic carbocycles. The van der Waals surface area contributed by atoms with Crippen LogP contribution in [0.3, 0.4) is 0 Å². The number of morpholine rings is 1. The van der Waals surface area contributed by atoms with Crippen LogP contribution in [0.15, 0.2) is 66.5 Å². The minimum atomic E-state index is -0.690. The zero-order chi connectivity index (χ0) is 33.1. The number of Topliss-reactive ketones (excluding diaryl/α,β-unsaturated/α-hetero) is 1. The first-order valence-electron chi connectivity index (χ1n) is 16.9. The predicted molar refractivity (Wildman–Crippen MR) is 187 cm³/mol. The highest BCUT2D eigenvalue weighted by Gasteiger charge is 2.36.